The normalized spacial score (nSPS) is 11.2. The average Bonchev–Trinajstić information content (AvgIpc) is 2.25. The Balaban J connectivity index is 0. The molecule has 0 aromatic rings. The summed E-state index contributed by atoms with van der Waals surface area (Å²) >= 11 is 0. The highest BCUT2D eigenvalue weighted by Gasteiger charge is 2.25. The molecule has 0 heterocycles. The van der Waals surface area contributed by atoms with E-state index in [0.29, 0.717) is 19.6 Å². The number of nitrogens with two attached hydrogens (primary N) is 1. The summed E-state index contributed by atoms with van der Waals surface area (Å²) in [6.07, 6.45) is 2.29. The van der Waals surface area contributed by atoms with Gasteiger partial charge in [0.2, 0.25) is 5.91 Å². The Morgan fingerprint density at radius 1 is 1.35 bits per heavy atom. The molecule has 1 amide bonds. The first-order valence-electron chi connectivity index (χ1n) is 6.12. The van der Waals surface area contributed by atoms with Crippen LogP contribution in [0, 0.1) is 0 Å². The predicted molar refractivity (Wildman–Crippen MR) is 73.5 cm³/mol. The number of carbonyl (C=O) groups is 1. The van der Waals surface area contributed by atoms with Gasteiger partial charge in [0.25, 0.3) is 0 Å². The summed E-state index contributed by atoms with van der Waals surface area (Å²) in [4.78, 5) is 11.7. The first kappa shape index (κ1) is 19.0. The van der Waals surface area contributed by atoms with Crippen molar-refractivity contribution < 1.29 is 9.53 Å². The quantitative estimate of drug-likeness (QED) is 0.705. The van der Waals surface area contributed by atoms with E-state index in [1.54, 1.807) is 0 Å². The Bertz CT molecular complexity index is 198. The van der Waals surface area contributed by atoms with Gasteiger partial charge in [-0.25, -0.2) is 0 Å². The largest absolute Gasteiger partial charge is 0.378 e. The van der Waals surface area contributed by atoms with Crippen LogP contribution in [0.4, 0.5) is 0 Å². The molecule has 0 saturated heterocycles. The molecule has 0 saturated carbocycles. The Kier molecular flexibility index (Phi) is 10.8. The monoisotopic (exact) mass is 266 g/mol. The van der Waals surface area contributed by atoms with Crippen LogP contribution in [0.15, 0.2) is 0 Å². The van der Waals surface area contributed by atoms with Gasteiger partial charge in [-0.3, -0.25) is 4.79 Å². The molecular formula is C12H27ClN2O2. The molecule has 104 valence electrons. The molecule has 0 radical (unpaired) electrons. The average molecular weight is 267 g/mol. The summed E-state index contributed by atoms with van der Waals surface area (Å²) in [5, 5.41) is 3.01. The smallest absolute Gasteiger partial charge is 0.222 e. The number of hydrogen-bond acceptors (Lipinski definition) is 3. The van der Waals surface area contributed by atoms with E-state index < -0.39 is 0 Å². The van der Waals surface area contributed by atoms with Gasteiger partial charge in [0.1, 0.15) is 0 Å². The highest BCUT2D eigenvalue weighted by molar-refractivity contribution is 5.85. The second-order valence-electron chi connectivity index (χ2n) is 4.41. The first-order valence-corrected chi connectivity index (χ1v) is 6.12. The van der Waals surface area contributed by atoms with Crippen LogP contribution < -0.4 is 11.1 Å². The maximum atomic E-state index is 11.7. The number of ether oxygens (including phenoxy) is 1. The Morgan fingerprint density at radius 3 is 2.24 bits per heavy atom. The van der Waals surface area contributed by atoms with Crippen LogP contribution in [0.5, 0.6) is 0 Å². The fourth-order valence-electron chi connectivity index (χ4n) is 1.51. The van der Waals surface area contributed by atoms with Crippen LogP contribution in [-0.4, -0.2) is 30.7 Å². The second kappa shape index (κ2) is 9.68. The minimum Gasteiger partial charge on any atom is -0.378 e. The third-order valence-electron chi connectivity index (χ3n) is 2.93. The lowest BCUT2D eigenvalue weighted by atomic mass is 9.93. The molecule has 0 aliphatic heterocycles. The van der Waals surface area contributed by atoms with E-state index in [1.165, 1.54) is 0 Å². The van der Waals surface area contributed by atoms with Crippen molar-refractivity contribution in [2.45, 2.75) is 58.6 Å². The van der Waals surface area contributed by atoms with Crippen molar-refractivity contribution in [1.82, 2.24) is 5.32 Å². The Morgan fingerprint density at radius 2 is 1.88 bits per heavy atom. The predicted octanol–water partition coefficient (Wildman–Crippen LogP) is 1.86. The molecule has 0 aromatic heterocycles. The summed E-state index contributed by atoms with van der Waals surface area (Å²) in [7, 11) is 0. The standard InChI is InChI=1S/C12H26N2O2.ClH/c1-5-12(6-2,9-13)14-11(15)7-8-16-10(3)4;/h10H,5-9,13H2,1-4H3,(H,14,15);1H. The lowest BCUT2D eigenvalue weighted by Gasteiger charge is -2.31. The summed E-state index contributed by atoms with van der Waals surface area (Å²) in [6, 6.07) is 0. The summed E-state index contributed by atoms with van der Waals surface area (Å²) in [6.45, 7) is 8.96. The third-order valence-corrected chi connectivity index (χ3v) is 2.93. The second-order valence-corrected chi connectivity index (χ2v) is 4.41. The molecular weight excluding hydrogens is 240 g/mol. The number of rotatable bonds is 8. The van der Waals surface area contributed by atoms with Gasteiger partial charge in [-0.15, -0.1) is 12.4 Å². The zero-order chi connectivity index (χ0) is 12.6. The number of hydrogen-bond donors (Lipinski definition) is 2. The van der Waals surface area contributed by atoms with Gasteiger partial charge < -0.3 is 15.8 Å². The lowest BCUT2D eigenvalue weighted by molar-refractivity contribution is -0.124. The maximum Gasteiger partial charge on any atom is 0.222 e. The van der Waals surface area contributed by atoms with Crippen molar-refractivity contribution in [3.63, 3.8) is 0 Å². The van der Waals surface area contributed by atoms with Crippen molar-refractivity contribution in [2.75, 3.05) is 13.2 Å². The SMILES string of the molecule is CCC(CC)(CN)NC(=O)CCOC(C)C.Cl. The molecule has 0 unspecified atom stereocenters. The first-order chi connectivity index (χ1) is 7.49. The van der Waals surface area contributed by atoms with Crippen LogP contribution in [0.25, 0.3) is 0 Å². The molecule has 0 spiro atoms. The van der Waals surface area contributed by atoms with Crippen molar-refractivity contribution in [3.8, 4) is 0 Å². The molecule has 0 bridgehead atoms. The van der Waals surface area contributed by atoms with E-state index in [-0.39, 0.29) is 30.0 Å². The number of carbonyl (C=O) groups excluding carboxylic acids is 1. The van der Waals surface area contributed by atoms with Crippen molar-refractivity contribution in [1.29, 1.82) is 0 Å². The van der Waals surface area contributed by atoms with Gasteiger partial charge in [0.05, 0.1) is 18.2 Å². The van der Waals surface area contributed by atoms with Crippen LogP contribution >= 0.6 is 12.4 Å². The van der Waals surface area contributed by atoms with Crippen molar-refractivity contribution in [3.05, 3.63) is 0 Å². The number of nitrogens with one attached hydrogen (secondary N) is 1. The van der Waals surface area contributed by atoms with Crippen LogP contribution in [0.3, 0.4) is 0 Å². The Hall–Kier alpha value is -0.320. The molecule has 0 aliphatic carbocycles. The molecule has 0 fully saturated rings. The molecule has 0 atom stereocenters. The molecule has 17 heavy (non-hydrogen) atoms. The molecule has 0 aromatic carbocycles. The molecule has 3 N–H and O–H groups in total. The fourth-order valence-corrected chi connectivity index (χ4v) is 1.51. The fraction of sp³-hybridized carbons (Fsp3) is 0.917. The minimum atomic E-state index is -0.241. The van der Waals surface area contributed by atoms with Gasteiger partial charge >= 0.3 is 0 Å². The summed E-state index contributed by atoms with van der Waals surface area (Å²) in [5.74, 6) is 0.0230. The molecule has 4 nitrogen and oxygen atoms in total. The van der Waals surface area contributed by atoms with Crippen LogP contribution in [0.2, 0.25) is 0 Å². The number of amides is 1. The van der Waals surface area contributed by atoms with E-state index >= 15 is 0 Å². The highest BCUT2D eigenvalue weighted by Crippen LogP contribution is 2.13. The van der Waals surface area contributed by atoms with Gasteiger partial charge in [0.15, 0.2) is 0 Å². The lowest BCUT2D eigenvalue weighted by Crippen LogP contribution is -2.53. The van der Waals surface area contributed by atoms with Gasteiger partial charge in [0, 0.05) is 13.0 Å². The summed E-state index contributed by atoms with van der Waals surface area (Å²) in [5.41, 5.74) is 5.47. The van der Waals surface area contributed by atoms with Gasteiger partial charge in [-0.2, -0.15) is 0 Å². The topological polar surface area (TPSA) is 64.3 Å². The van der Waals surface area contributed by atoms with E-state index in [4.69, 9.17) is 10.5 Å². The van der Waals surface area contributed by atoms with E-state index in [0.717, 1.165) is 12.8 Å². The molecule has 0 aliphatic rings. The summed E-state index contributed by atoms with van der Waals surface area (Å²) < 4.78 is 5.34. The van der Waals surface area contributed by atoms with Crippen LogP contribution in [0.1, 0.15) is 47.0 Å². The molecule has 0 rings (SSSR count). The van der Waals surface area contributed by atoms with E-state index in [2.05, 4.69) is 5.32 Å². The maximum absolute atomic E-state index is 11.7. The van der Waals surface area contributed by atoms with Crippen molar-refractivity contribution in [2.24, 2.45) is 5.73 Å². The Labute approximate surface area is 111 Å². The third kappa shape index (κ3) is 7.58. The zero-order valence-corrected chi connectivity index (χ0v) is 12.2. The zero-order valence-electron chi connectivity index (χ0n) is 11.4. The van der Waals surface area contributed by atoms with E-state index in [9.17, 15) is 4.79 Å². The molecule has 5 heteroatoms. The highest BCUT2D eigenvalue weighted by atomic mass is 35.5. The van der Waals surface area contributed by atoms with Crippen molar-refractivity contribution >= 4 is 18.3 Å². The van der Waals surface area contributed by atoms with E-state index in [1.807, 2.05) is 27.7 Å². The van der Waals surface area contributed by atoms with Crippen LogP contribution in [-0.2, 0) is 9.53 Å². The van der Waals surface area contributed by atoms with Gasteiger partial charge in [-0.05, 0) is 26.7 Å². The minimum absolute atomic E-state index is 0. The number of halogens is 1. The van der Waals surface area contributed by atoms with Gasteiger partial charge in [-0.1, -0.05) is 13.8 Å².